The van der Waals surface area contributed by atoms with Crippen LogP contribution >= 0.6 is 0 Å². The smallest absolute Gasteiger partial charge is 0.167 e. The van der Waals surface area contributed by atoms with Crippen molar-refractivity contribution < 1.29 is 14.3 Å². The number of carbonyl (C=O) groups is 1. The molecule has 21 heavy (non-hydrogen) atoms. The highest BCUT2D eigenvalue weighted by Crippen LogP contribution is 2.24. The molecule has 0 unspecified atom stereocenters. The molecule has 0 saturated heterocycles. The lowest BCUT2D eigenvalue weighted by Crippen LogP contribution is -2.06. The van der Waals surface area contributed by atoms with Crippen LogP contribution in [0.15, 0.2) is 36.4 Å². The summed E-state index contributed by atoms with van der Waals surface area (Å²) in [6.45, 7) is 3.26. The number of rotatable bonds is 4. The van der Waals surface area contributed by atoms with E-state index in [4.69, 9.17) is 9.47 Å². The molecule has 0 spiro atoms. The van der Waals surface area contributed by atoms with E-state index in [-0.39, 0.29) is 5.78 Å². The van der Waals surface area contributed by atoms with Gasteiger partial charge in [-0.05, 0) is 30.2 Å². The summed E-state index contributed by atoms with van der Waals surface area (Å²) in [5, 5.41) is 0. The Morgan fingerprint density at radius 2 is 1.95 bits per heavy atom. The minimum absolute atomic E-state index is 0.105. The topological polar surface area (TPSA) is 35.5 Å². The molecular formula is C18H18O3. The molecule has 3 rings (SSSR count). The van der Waals surface area contributed by atoms with Crippen molar-refractivity contribution in [2.45, 2.75) is 26.6 Å². The van der Waals surface area contributed by atoms with Gasteiger partial charge in [-0.2, -0.15) is 0 Å². The van der Waals surface area contributed by atoms with Gasteiger partial charge in [0.1, 0.15) is 5.75 Å². The fourth-order valence-electron chi connectivity index (χ4n) is 2.67. The highest BCUT2D eigenvalue weighted by Gasteiger charge is 2.16. The van der Waals surface area contributed by atoms with Gasteiger partial charge in [0.15, 0.2) is 5.78 Å². The van der Waals surface area contributed by atoms with E-state index < -0.39 is 0 Å². The van der Waals surface area contributed by atoms with Gasteiger partial charge in [0.25, 0.3) is 0 Å². The molecule has 0 atom stereocenters. The summed E-state index contributed by atoms with van der Waals surface area (Å²) in [6.07, 6.45) is 0.352. The van der Waals surface area contributed by atoms with Crippen molar-refractivity contribution in [1.29, 1.82) is 0 Å². The minimum atomic E-state index is 0.105. The van der Waals surface area contributed by atoms with Gasteiger partial charge in [0.05, 0.1) is 20.3 Å². The van der Waals surface area contributed by atoms with Gasteiger partial charge >= 0.3 is 0 Å². The first kappa shape index (κ1) is 13.8. The minimum Gasteiger partial charge on any atom is -0.496 e. The number of ketones is 1. The molecule has 0 amide bonds. The van der Waals surface area contributed by atoms with Crippen LogP contribution in [-0.4, -0.2) is 12.9 Å². The van der Waals surface area contributed by atoms with Gasteiger partial charge < -0.3 is 9.47 Å². The van der Waals surface area contributed by atoms with Crippen LogP contribution in [0.3, 0.4) is 0 Å². The van der Waals surface area contributed by atoms with Crippen molar-refractivity contribution in [2.75, 3.05) is 7.11 Å². The van der Waals surface area contributed by atoms with Crippen LogP contribution in [0.5, 0.6) is 5.75 Å². The third kappa shape index (κ3) is 2.83. The van der Waals surface area contributed by atoms with Crippen LogP contribution in [0.25, 0.3) is 0 Å². The number of ether oxygens (including phenoxy) is 2. The van der Waals surface area contributed by atoms with E-state index in [0.717, 1.165) is 28.0 Å². The average molecular weight is 282 g/mol. The summed E-state index contributed by atoms with van der Waals surface area (Å²) in [5.41, 5.74) is 5.10. The van der Waals surface area contributed by atoms with E-state index in [0.29, 0.717) is 19.6 Å². The van der Waals surface area contributed by atoms with E-state index in [1.165, 1.54) is 5.56 Å². The van der Waals surface area contributed by atoms with Crippen LogP contribution in [-0.2, 0) is 24.4 Å². The zero-order valence-electron chi connectivity index (χ0n) is 12.3. The summed E-state index contributed by atoms with van der Waals surface area (Å²) >= 11 is 0. The van der Waals surface area contributed by atoms with E-state index >= 15 is 0 Å². The fraction of sp³-hybridized carbons (Fsp3) is 0.278. The number of Topliss-reactive ketones (excluding diaryl/α,β-unsaturated/α-hetero) is 1. The molecule has 0 N–H and O–H groups in total. The van der Waals surface area contributed by atoms with E-state index in [1.54, 1.807) is 7.11 Å². The fourth-order valence-corrected chi connectivity index (χ4v) is 2.67. The summed E-state index contributed by atoms with van der Waals surface area (Å²) < 4.78 is 10.7. The predicted octanol–water partition coefficient (Wildman–Crippen LogP) is 3.46. The maximum absolute atomic E-state index is 12.5. The molecule has 1 heterocycles. The summed E-state index contributed by atoms with van der Waals surface area (Å²) in [4.78, 5) is 12.5. The number of aryl methyl sites for hydroxylation is 1. The Kier molecular flexibility index (Phi) is 3.76. The zero-order valence-corrected chi connectivity index (χ0v) is 12.3. The normalized spacial score (nSPS) is 13.0. The van der Waals surface area contributed by atoms with Crippen LogP contribution in [0.4, 0.5) is 0 Å². The Hall–Kier alpha value is -2.13. The Morgan fingerprint density at radius 1 is 1.14 bits per heavy atom. The second-order valence-corrected chi connectivity index (χ2v) is 5.39. The van der Waals surface area contributed by atoms with Gasteiger partial charge in [0, 0.05) is 17.5 Å². The van der Waals surface area contributed by atoms with Gasteiger partial charge in [-0.1, -0.05) is 29.8 Å². The van der Waals surface area contributed by atoms with Crippen LogP contribution in [0.2, 0.25) is 0 Å². The Morgan fingerprint density at radius 3 is 2.76 bits per heavy atom. The third-order valence-electron chi connectivity index (χ3n) is 3.83. The lowest BCUT2D eigenvalue weighted by Gasteiger charge is -2.09. The van der Waals surface area contributed by atoms with E-state index in [1.807, 2.05) is 43.3 Å². The van der Waals surface area contributed by atoms with Crippen molar-refractivity contribution in [3.8, 4) is 5.75 Å². The van der Waals surface area contributed by atoms with E-state index in [2.05, 4.69) is 0 Å². The van der Waals surface area contributed by atoms with Gasteiger partial charge in [-0.3, -0.25) is 4.79 Å². The number of carbonyl (C=O) groups excluding carboxylic acids is 1. The summed E-state index contributed by atoms with van der Waals surface area (Å²) in [7, 11) is 1.63. The summed E-state index contributed by atoms with van der Waals surface area (Å²) in [5.74, 6) is 0.868. The highest BCUT2D eigenvalue weighted by atomic mass is 16.5. The second kappa shape index (κ2) is 5.70. The largest absolute Gasteiger partial charge is 0.496 e. The summed E-state index contributed by atoms with van der Waals surface area (Å²) in [6, 6.07) is 11.7. The lowest BCUT2D eigenvalue weighted by atomic mass is 9.98. The van der Waals surface area contributed by atoms with Crippen molar-refractivity contribution in [1.82, 2.24) is 0 Å². The molecule has 3 heteroatoms. The molecule has 108 valence electrons. The number of benzene rings is 2. The Balaban J connectivity index is 1.85. The average Bonchev–Trinajstić information content (AvgIpc) is 2.94. The van der Waals surface area contributed by atoms with Crippen LogP contribution in [0, 0.1) is 6.92 Å². The van der Waals surface area contributed by atoms with Crippen molar-refractivity contribution in [3.05, 3.63) is 64.2 Å². The standard InChI is InChI=1S/C18H18O3/c1-12-3-6-18(20-2)15(7-12)9-17(19)13-4-5-14-10-21-11-16(14)8-13/h3-8H,9-11H2,1-2H3. The number of hydrogen-bond donors (Lipinski definition) is 0. The van der Waals surface area contributed by atoms with Crippen molar-refractivity contribution in [2.24, 2.45) is 0 Å². The third-order valence-corrected chi connectivity index (χ3v) is 3.83. The number of methoxy groups -OCH3 is 1. The van der Waals surface area contributed by atoms with Crippen LogP contribution < -0.4 is 4.74 Å². The highest BCUT2D eigenvalue weighted by molar-refractivity contribution is 5.98. The molecule has 1 aliphatic rings. The monoisotopic (exact) mass is 282 g/mol. The Labute approximate surface area is 124 Å². The molecule has 0 aliphatic carbocycles. The zero-order chi connectivity index (χ0) is 14.8. The van der Waals surface area contributed by atoms with Crippen molar-refractivity contribution in [3.63, 3.8) is 0 Å². The first-order valence-electron chi connectivity index (χ1n) is 7.03. The predicted molar refractivity (Wildman–Crippen MR) is 80.7 cm³/mol. The van der Waals surface area contributed by atoms with E-state index in [9.17, 15) is 4.79 Å². The van der Waals surface area contributed by atoms with Gasteiger partial charge in [-0.25, -0.2) is 0 Å². The Bertz CT molecular complexity index is 689. The molecule has 0 radical (unpaired) electrons. The molecule has 0 bridgehead atoms. The van der Waals surface area contributed by atoms with Gasteiger partial charge in [0.2, 0.25) is 0 Å². The molecule has 0 aromatic heterocycles. The number of hydrogen-bond acceptors (Lipinski definition) is 3. The van der Waals surface area contributed by atoms with Crippen LogP contribution in [0.1, 0.15) is 32.6 Å². The molecule has 1 aliphatic heterocycles. The quantitative estimate of drug-likeness (QED) is 0.806. The second-order valence-electron chi connectivity index (χ2n) is 5.39. The number of fused-ring (bicyclic) bond motifs is 1. The molecule has 2 aromatic carbocycles. The first-order valence-corrected chi connectivity index (χ1v) is 7.03. The van der Waals surface area contributed by atoms with Gasteiger partial charge in [-0.15, -0.1) is 0 Å². The maximum Gasteiger partial charge on any atom is 0.167 e. The molecule has 0 saturated carbocycles. The first-order chi connectivity index (χ1) is 10.2. The SMILES string of the molecule is COc1ccc(C)cc1CC(=O)c1ccc2c(c1)COC2. The maximum atomic E-state index is 12.5. The molecule has 2 aromatic rings. The lowest BCUT2D eigenvalue weighted by molar-refractivity contribution is 0.0992. The molecule has 3 nitrogen and oxygen atoms in total. The molecular weight excluding hydrogens is 264 g/mol. The van der Waals surface area contributed by atoms with Crippen molar-refractivity contribution >= 4 is 5.78 Å². The molecule has 0 fully saturated rings.